The summed E-state index contributed by atoms with van der Waals surface area (Å²) in [5, 5.41) is 10.3. The number of aliphatic hydroxyl groups excluding tert-OH is 1. The van der Waals surface area contributed by atoms with Gasteiger partial charge in [0.1, 0.15) is 0 Å². The minimum Gasteiger partial charge on any atom is -0.388 e. The molecule has 0 aliphatic heterocycles. The Morgan fingerprint density at radius 3 is 2.50 bits per heavy atom. The molecule has 1 aromatic rings. The summed E-state index contributed by atoms with van der Waals surface area (Å²) in [6.07, 6.45) is 6.83. The molecule has 1 saturated carbocycles. The Balaban J connectivity index is 1.76. The molecule has 20 heavy (non-hydrogen) atoms. The second kappa shape index (κ2) is 7.80. The van der Waals surface area contributed by atoms with E-state index in [-0.39, 0.29) is 6.10 Å². The number of aryl methyl sites for hydroxylation is 1. The van der Waals surface area contributed by atoms with Crippen LogP contribution >= 0.6 is 0 Å². The molecule has 0 bridgehead atoms. The fourth-order valence-electron chi connectivity index (χ4n) is 2.98. The van der Waals surface area contributed by atoms with Gasteiger partial charge in [-0.1, -0.05) is 37.6 Å². The van der Waals surface area contributed by atoms with E-state index in [9.17, 15) is 5.11 Å². The highest BCUT2D eigenvalue weighted by molar-refractivity contribution is 5.24. The lowest BCUT2D eigenvalue weighted by Gasteiger charge is -2.36. The monoisotopic (exact) mass is 276 g/mol. The quantitative estimate of drug-likeness (QED) is 0.768. The van der Waals surface area contributed by atoms with E-state index < -0.39 is 0 Å². The average molecular weight is 276 g/mol. The zero-order valence-electron chi connectivity index (χ0n) is 12.8. The van der Waals surface area contributed by atoms with E-state index in [2.05, 4.69) is 31.2 Å². The van der Waals surface area contributed by atoms with Gasteiger partial charge in [0.2, 0.25) is 0 Å². The first-order chi connectivity index (χ1) is 9.72. The Morgan fingerprint density at radius 2 is 1.90 bits per heavy atom. The first kappa shape index (κ1) is 15.5. The van der Waals surface area contributed by atoms with Crippen LogP contribution in [-0.4, -0.2) is 17.8 Å². The zero-order chi connectivity index (χ0) is 14.4. The molecule has 1 N–H and O–H groups in total. The molecule has 1 aliphatic carbocycles. The first-order valence-electron chi connectivity index (χ1n) is 8.11. The predicted octanol–water partition coefficient (Wildman–Crippen LogP) is 4.27. The average Bonchev–Trinajstić information content (AvgIpc) is 2.43. The van der Waals surface area contributed by atoms with Crippen molar-refractivity contribution in [2.24, 2.45) is 5.92 Å². The summed E-state index contributed by atoms with van der Waals surface area (Å²) in [5.74, 6) is 0.626. The lowest BCUT2D eigenvalue weighted by Crippen LogP contribution is -2.32. The smallest absolute Gasteiger partial charge is 0.0792 e. The van der Waals surface area contributed by atoms with Crippen molar-refractivity contribution in [2.45, 2.75) is 64.6 Å². The van der Waals surface area contributed by atoms with Crippen molar-refractivity contribution in [3.05, 3.63) is 35.4 Å². The topological polar surface area (TPSA) is 29.5 Å². The van der Waals surface area contributed by atoms with Crippen LogP contribution in [0.25, 0.3) is 0 Å². The molecule has 0 aromatic heterocycles. The van der Waals surface area contributed by atoms with Gasteiger partial charge >= 0.3 is 0 Å². The fourth-order valence-corrected chi connectivity index (χ4v) is 2.98. The number of aliphatic hydroxyl groups is 1. The van der Waals surface area contributed by atoms with E-state index in [1.807, 2.05) is 6.92 Å². The third-order valence-electron chi connectivity index (χ3n) is 4.33. The minimum atomic E-state index is -0.317. The Kier molecular flexibility index (Phi) is 6.06. The van der Waals surface area contributed by atoms with E-state index >= 15 is 0 Å². The highest BCUT2D eigenvalue weighted by Crippen LogP contribution is 2.36. The summed E-state index contributed by atoms with van der Waals surface area (Å²) in [7, 11) is 0. The molecule has 0 heterocycles. The van der Waals surface area contributed by atoms with Crippen molar-refractivity contribution in [3.8, 4) is 0 Å². The van der Waals surface area contributed by atoms with Crippen molar-refractivity contribution in [3.63, 3.8) is 0 Å². The normalized spacial score (nSPS) is 23.4. The highest BCUT2D eigenvalue weighted by atomic mass is 16.5. The molecule has 112 valence electrons. The first-order valence-corrected chi connectivity index (χ1v) is 8.11. The summed E-state index contributed by atoms with van der Waals surface area (Å²) in [6.45, 7) is 5.06. The Morgan fingerprint density at radius 1 is 1.20 bits per heavy atom. The number of rotatable bonds is 8. The molecule has 0 spiro atoms. The second-order valence-electron chi connectivity index (χ2n) is 6.01. The van der Waals surface area contributed by atoms with E-state index in [4.69, 9.17) is 4.74 Å². The van der Waals surface area contributed by atoms with Crippen molar-refractivity contribution >= 4 is 0 Å². The van der Waals surface area contributed by atoms with Gasteiger partial charge in [-0.25, -0.2) is 0 Å². The second-order valence-corrected chi connectivity index (χ2v) is 6.01. The molecule has 0 amide bonds. The third kappa shape index (κ3) is 4.32. The Hall–Kier alpha value is -0.860. The summed E-state index contributed by atoms with van der Waals surface area (Å²) < 4.78 is 5.57. The maximum atomic E-state index is 10.3. The van der Waals surface area contributed by atoms with Crippen LogP contribution < -0.4 is 0 Å². The summed E-state index contributed by atoms with van der Waals surface area (Å²) in [4.78, 5) is 0. The molecule has 2 rings (SSSR count). The van der Waals surface area contributed by atoms with Crippen LogP contribution in [0.3, 0.4) is 0 Å². The molecule has 0 radical (unpaired) electrons. The van der Waals surface area contributed by atoms with Crippen LogP contribution in [0.5, 0.6) is 0 Å². The van der Waals surface area contributed by atoms with Gasteiger partial charge in [-0.2, -0.15) is 0 Å². The van der Waals surface area contributed by atoms with Gasteiger partial charge in [0.15, 0.2) is 0 Å². The van der Waals surface area contributed by atoms with Gasteiger partial charge in [-0.3, -0.25) is 0 Å². The van der Waals surface area contributed by atoms with Gasteiger partial charge in [0.05, 0.1) is 12.2 Å². The van der Waals surface area contributed by atoms with Crippen molar-refractivity contribution in [2.75, 3.05) is 6.61 Å². The number of hydrogen-bond donors (Lipinski definition) is 1. The van der Waals surface area contributed by atoms with Crippen molar-refractivity contribution in [1.82, 2.24) is 0 Å². The Labute approximate surface area is 123 Å². The third-order valence-corrected chi connectivity index (χ3v) is 4.33. The van der Waals surface area contributed by atoms with Gasteiger partial charge in [-0.05, 0) is 56.1 Å². The maximum Gasteiger partial charge on any atom is 0.0792 e. The van der Waals surface area contributed by atoms with Gasteiger partial charge in [0.25, 0.3) is 0 Å². The lowest BCUT2D eigenvalue weighted by molar-refractivity contribution is -0.0380. The molecule has 2 nitrogen and oxygen atoms in total. The summed E-state index contributed by atoms with van der Waals surface area (Å²) in [6, 6.07) is 8.51. The molecule has 1 aromatic carbocycles. The number of hydrogen-bond acceptors (Lipinski definition) is 2. The van der Waals surface area contributed by atoms with Crippen molar-refractivity contribution in [1.29, 1.82) is 0 Å². The van der Waals surface area contributed by atoms with Crippen LogP contribution in [-0.2, 0) is 11.2 Å². The molecule has 1 unspecified atom stereocenters. The summed E-state index contributed by atoms with van der Waals surface area (Å²) >= 11 is 0. The maximum absolute atomic E-state index is 10.3. The van der Waals surface area contributed by atoms with Gasteiger partial charge in [0, 0.05) is 6.61 Å². The van der Waals surface area contributed by atoms with E-state index in [0.717, 1.165) is 37.9 Å². The zero-order valence-corrected chi connectivity index (χ0v) is 12.8. The highest BCUT2D eigenvalue weighted by Gasteiger charge is 2.31. The molecule has 0 saturated heterocycles. The molecule has 2 heteroatoms. The fraction of sp³-hybridized carbons (Fsp3) is 0.667. The van der Waals surface area contributed by atoms with E-state index in [1.54, 1.807) is 0 Å². The van der Waals surface area contributed by atoms with Gasteiger partial charge in [-0.15, -0.1) is 0 Å². The predicted molar refractivity (Wildman–Crippen MR) is 82.8 cm³/mol. The molecular formula is C18H28O2. The van der Waals surface area contributed by atoms with E-state index in [0.29, 0.717) is 12.0 Å². The SMILES string of the molecule is CCCCc1ccc(C(O)CC2CC(OCC)C2)cc1. The molecular weight excluding hydrogens is 248 g/mol. The number of benzene rings is 1. The Bertz CT molecular complexity index is 379. The number of unbranched alkanes of at least 4 members (excludes halogenated alkanes) is 1. The van der Waals surface area contributed by atoms with Crippen LogP contribution in [0, 0.1) is 5.92 Å². The molecule has 1 aliphatic rings. The largest absolute Gasteiger partial charge is 0.388 e. The van der Waals surface area contributed by atoms with Crippen LogP contribution in [0.4, 0.5) is 0 Å². The van der Waals surface area contributed by atoms with Crippen LogP contribution in [0.2, 0.25) is 0 Å². The van der Waals surface area contributed by atoms with Crippen LogP contribution in [0.15, 0.2) is 24.3 Å². The molecule has 1 atom stereocenters. The van der Waals surface area contributed by atoms with Gasteiger partial charge < -0.3 is 9.84 Å². The standard InChI is InChI=1S/C18H28O2/c1-3-5-6-14-7-9-16(10-8-14)18(19)13-15-11-17(12-15)20-4-2/h7-10,15,17-19H,3-6,11-13H2,1-2H3. The minimum absolute atomic E-state index is 0.317. The summed E-state index contributed by atoms with van der Waals surface area (Å²) in [5.41, 5.74) is 2.44. The van der Waals surface area contributed by atoms with E-state index in [1.165, 1.54) is 18.4 Å². The lowest BCUT2D eigenvalue weighted by atomic mass is 9.78. The van der Waals surface area contributed by atoms with Crippen molar-refractivity contribution < 1.29 is 9.84 Å². The van der Waals surface area contributed by atoms with Crippen LogP contribution in [0.1, 0.15) is 63.2 Å². The number of ether oxygens (including phenoxy) is 1. The molecule has 1 fully saturated rings.